The smallest absolute Gasteiger partial charge is 0.242 e. The molecular formula is C22H35N3O5S. The van der Waals surface area contributed by atoms with Crippen LogP contribution in [0.15, 0.2) is 29.2 Å². The number of hydrogen-bond acceptors (Lipinski definition) is 5. The molecule has 0 aromatic heterocycles. The quantitative estimate of drug-likeness (QED) is 0.502. The van der Waals surface area contributed by atoms with E-state index in [-0.39, 0.29) is 28.5 Å². The van der Waals surface area contributed by atoms with Crippen molar-refractivity contribution in [1.29, 1.82) is 0 Å². The molecule has 1 aliphatic carbocycles. The van der Waals surface area contributed by atoms with Crippen molar-refractivity contribution in [3.8, 4) is 5.75 Å². The number of benzene rings is 1. The van der Waals surface area contributed by atoms with E-state index in [0.717, 1.165) is 12.8 Å². The van der Waals surface area contributed by atoms with Gasteiger partial charge in [-0.25, -0.2) is 13.1 Å². The topological polar surface area (TPSA) is 114 Å². The van der Waals surface area contributed by atoms with Crippen molar-refractivity contribution in [2.45, 2.75) is 57.4 Å². The second kappa shape index (κ2) is 11.5. The molecule has 0 saturated heterocycles. The molecule has 1 aromatic carbocycles. The lowest BCUT2D eigenvalue weighted by molar-refractivity contribution is -0.131. The minimum absolute atomic E-state index is 0.107. The van der Waals surface area contributed by atoms with Gasteiger partial charge in [0.1, 0.15) is 11.8 Å². The van der Waals surface area contributed by atoms with Gasteiger partial charge in [0.15, 0.2) is 0 Å². The maximum atomic E-state index is 12.5. The molecule has 1 saturated carbocycles. The fourth-order valence-electron chi connectivity index (χ4n) is 3.55. The Labute approximate surface area is 185 Å². The molecule has 31 heavy (non-hydrogen) atoms. The molecule has 0 aliphatic heterocycles. The van der Waals surface area contributed by atoms with Crippen molar-refractivity contribution >= 4 is 21.8 Å². The highest BCUT2D eigenvalue weighted by atomic mass is 32.2. The van der Waals surface area contributed by atoms with Gasteiger partial charge >= 0.3 is 0 Å². The number of rotatable bonds is 10. The lowest BCUT2D eigenvalue weighted by atomic mass is 9.81. The average Bonchev–Trinajstić information content (AvgIpc) is 2.76. The van der Waals surface area contributed by atoms with Crippen LogP contribution in [0.3, 0.4) is 0 Å². The number of hydrogen-bond donors (Lipinski definition) is 3. The molecule has 0 heterocycles. The van der Waals surface area contributed by atoms with Crippen LogP contribution in [0.25, 0.3) is 0 Å². The highest BCUT2D eigenvalue weighted by molar-refractivity contribution is 7.89. The van der Waals surface area contributed by atoms with Crippen LogP contribution in [0.4, 0.5) is 0 Å². The zero-order chi connectivity index (χ0) is 23.0. The van der Waals surface area contributed by atoms with Gasteiger partial charge in [0.05, 0.1) is 12.0 Å². The molecule has 2 amide bonds. The van der Waals surface area contributed by atoms with Crippen LogP contribution >= 0.6 is 0 Å². The maximum absolute atomic E-state index is 12.5. The summed E-state index contributed by atoms with van der Waals surface area (Å²) in [5.41, 5.74) is 0. The van der Waals surface area contributed by atoms with Crippen molar-refractivity contribution in [2.75, 3.05) is 20.2 Å². The predicted octanol–water partition coefficient (Wildman–Crippen LogP) is 2.06. The molecule has 3 N–H and O–H groups in total. The Hall–Kier alpha value is -2.13. The van der Waals surface area contributed by atoms with Gasteiger partial charge in [0.2, 0.25) is 21.8 Å². The van der Waals surface area contributed by atoms with Crippen molar-refractivity contribution in [2.24, 2.45) is 17.8 Å². The van der Waals surface area contributed by atoms with Gasteiger partial charge in [0.25, 0.3) is 0 Å². The highest BCUT2D eigenvalue weighted by Gasteiger charge is 2.29. The van der Waals surface area contributed by atoms with Crippen LogP contribution < -0.4 is 20.1 Å². The SMILES string of the molecule is COc1ccc(S(=O)(=O)NCC2CCC(C(=O)N[C@H](C)C(=O)NCC(C)C)CC2)cc1. The summed E-state index contributed by atoms with van der Waals surface area (Å²) >= 11 is 0. The maximum Gasteiger partial charge on any atom is 0.242 e. The number of sulfonamides is 1. The van der Waals surface area contributed by atoms with E-state index in [4.69, 9.17) is 4.74 Å². The summed E-state index contributed by atoms with van der Waals surface area (Å²) < 4.78 is 32.7. The van der Waals surface area contributed by atoms with Crippen molar-refractivity contribution in [3.05, 3.63) is 24.3 Å². The Bertz CT molecular complexity index is 831. The van der Waals surface area contributed by atoms with E-state index in [1.807, 2.05) is 13.8 Å². The first-order chi connectivity index (χ1) is 14.6. The van der Waals surface area contributed by atoms with E-state index in [1.165, 1.54) is 19.2 Å². The standard InChI is InChI=1S/C22H35N3O5S/c1-15(2)13-23-21(26)16(3)25-22(27)18-7-5-17(6-8-18)14-24-31(28,29)20-11-9-19(30-4)10-12-20/h9-12,15-18,24H,5-8,13-14H2,1-4H3,(H,23,26)(H,25,27)/t16-,17?,18?/m1/s1. The van der Waals surface area contributed by atoms with Gasteiger partial charge < -0.3 is 15.4 Å². The molecule has 2 rings (SSSR count). The van der Waals surface area contributed by atoms with Crippen LogP contribution in [-0.2, 0) is 19.6 Å². The Kier molecular flexibility index (Phi) is 9.31. The van der Waals surface area contributed by atoms with E-state index >= 15 is 0 Å². The first kappa shape index (κ1) is 25.1. The zero-order valence-electron chi connectivity index (χ0n) is 18.8. The Morgan fingerprint density at radius 3 is 2.23 bits per heavy atom. The molecule has 1 fully saturated rings. The minimum Gasteiger partial charge on any atom is -0.497 e. The first-order valence-electron chi connectivity index (χ1n) is 10.8. The summed E-state index contributed by atoms with van der Waals surface area (Å²) in [6.07, 6.45) is 2.89. The van der Waals surface area contributed by atoms with E-state index in [0.29, 0.717) is 37.6 Å². The lowest BCUT2D eigenvalue weighted by Gasteiger charge is -2.28. The normalized spacial score (nSPS) is 20.2. The minimum atomic E-state index is -3.58. The summed E-state index contributed by atoms with van der Waals surface area (Å²) in [5, 5.41) is 5.62. The fourth-order valence-corrected chi connectivity index (χ4v) is 4.67. The van der Waals surface area contributed by atoms with Gasteiger partial charge in [-0.05, 0) is 68.7 Å². The molecule has 174 valence electrons. The summed E-state index contributed by atoms with van der Waals surface area (Å²) in [5.74, 6) is 0.707. The molecule has 0 radical (unpaired) electrons. The summed E-state index contributed by atoms with van der Waals surface area (Å²) in [7, 11) is -2.05. The molecular weight excluding hydrogens is 418 g/mol. The summed E-state index contributed by atoms with van der Waals surface area (Å²) in [4.78, 5) is 24.8. The molecule has 1 atom stereocenters. The second-order valence-electron chi connectivity index (χ2n) is 8.61. The third-order valence-corrected chi connectivity index (χ3v) is 7.03. The van der Waals surface area contributed by atoms with Crippen molar-refractivity contribution < 1.29 is 22.7 Å². The van der Waals surface area contributed by atoms with Crippen LogP contribution in [0.5, 0.6) is 5.75 Å². The predicted molar refractivity (Wildman–Crippen MR) is 119 cm³/mol. The van der Waals surface area contributed by atoms with Crippen LogP contribution in [0, 0.1) is 17.8 Å². The van der Waals surface area contributed by atoms with Gasteiger partial charge in [-0.3, -0.25) is 9.59 Å². The summed E-state index contributed by atoms with van der Waals surface area (Å²) in [6.45, 7) is 6.64. The number of ether oxygens (including phenoxy) is 1. The number of methoxy groups -OCH3 is 1. The van der Waals surface area contributed by atoms with E-state index in [1.54, 1.807) is 19.1 Å². The average molecular weight is 454 g/mol. The molecule has 1 aromatic rings. The molecule has 0 unspecified atom stereocenters. The number of carbonyl (C=O) groups is 2. The third-order valence-electron chi connectivity index (χ3n) is 5.59. The number of carbonyl (C=O) groups excluding carboxylic acids is 2. The molecule has 0 bridgehead atoms. The van der Waals surface area contributed by atoms with E-state index < -0.39 is 16.1 Å². The highest BCUT2D eigenvalue weighted by Crippen LogP contribution is 2.29. The van der Waals surface area contributed by atoms with Gasteiger partial charge in [0, 0.05) is 19.0 Å². The van der Waals surface area contributed by atoms with Crippen LogP contribution in [0.2, 0.25) is 0 Å². The van der Waals surface area contributed by atoms with Crippen LogP contribution in [-0.4, -0.2) is 46.5 Å². The second-order valence-corrected chi connectivity index (χ2v) is 10.4. The molecule has 8 nitrogen and oxygen atoms in total. The zero-order valence-corrected chi connectivity index (χ0v) is 19.6. The van der Waals surface area contributed by atoms with Gasteiger partial charge in [-0.1, -0.05) is 13.8 Å². The Morgan fingerprint density at radius 2 is 1.68 bits per heavy atom. The molecule has 0 spiro atoms. The fraction of sp³-hybridized carbons (Fsp3) is 0.636. The Balaban J connectivity index is 1.76. The van der Waals surface area contributed by atoms with Crippen molar-refractivity contribution in [3.63, 3.8) is 0 Å². The number of amides is 2. The van der Waals surface area contributed by atoms with E-state index in [9.17, 15) is 18.0 Å². The van der Waals surface area contributed by atoms with Gasteiger partial charge in [-0.2, -0.15) is 0 Å². The Morgan fingerprint density at radius 1 is 1.06 bits per heavy atom. The van der Waals surface area contributed by atoms with Gasteiger partial charge in [-0.15, -0.1) is 0 Å². The van der Waals surface area contributed by atoms with E-state index in [2.05, 4.69) is 15.4 Å². The first-order valence-corrected chi connectivity index (χ1v) is 12.3. The van der Waals surface area contributed by atoms with Crippen LogP contribution in [0.1, 0.15) is 46.5 Å². The monoisotopic (exact) mass is 453 g/mol. The summed E-state index contributed by atoms with van der Waals surface area (Å²) in [6, 6.07) is 5.69. The van der Waals surface area contributed by atoms with Crippen molar-refractivity contribution in [1.82, 2.24) is 15.4 Å². The number of nitrogens with one attached hydrogen (secondary N) is 3. The molecule has 9 heteroatoms. The largest absolute Gasteiger partial charge is 0.497 e. The molecule has 1 aliphatic rings. The lowest BCUT2D eigenvalue weighted by Crippen LogP contribution is -2.48. The third kappa shape index (κ3) is 7.81.